The van der Waals surface area contributed by atoms with Gasteiger partial charge in [-0.1, -0.05) is 22.0 Å². The largest absolute Gasteiger partial charge is 0.504 e. The Morgan fingerprint density at radius 3 is 2.68 bits per heavy atom. The average Bonchev–Trinajstić information content (AvgIpc) is 2.38. The van der Waals surface area contributed by atoms with Crippen molar-refractivity contribution in [3.63, 3.8) is 0 Å². The Bertz CT molecular complexity index is 613. The predicted molar refractivity (Wildman–Crippen MR) is 76.8 cm³/mol. The third-order valence-corrected chi connectivity index (χ3v) is 3.02. The molecule has 0 saturated carbocycles. The zero-order valence-corrected chi connectivity index (χ0v) is 11.8. The van der Waals surface area contributed by atoms with Crippen molar-refractivity contribution in [1.29, 1.82) is 0 Å². The topological polar surface area (TPSA) is 58.6 Å². The van der Waals surface area contributed by atoms with Gasteiger partial charge in [0.1, 0.15) is 0 Å². The minimum absolute atomic E-state index is 0.0654. The predicted octanol–water partition coefficient (Wildman–Crippen LogP) is 3.42. The second-order valence-electron chi connectivity index (χ2n) is 3.85. The molecule has 5 heteroatoms. The number of hydrogen-bond acceptors (Lipinski definition) is 3. The molecule has 0 aliphatic carbocycles. The van der Waals surface area contributed by atoms with Crippen molar-refractivity contribution in [1.82, 2.24) is 0 Å². The van der Waals surface area contributed by atoms with Crippen molar-refractivity contribution in [2.75, 3.05) is 12.4 Å². The molecule has 4 nitrogen and oxygen atoms in total. The highest BCUT2D eigenvalue weighted by Crippen LogP contribution is 2.26. The molecule has 0 aromatic heterocycles. The number of halogens is 1. The van der Waals surface area contributed by atoms with Gasteiger partial charge in [0.25, 0.3) is 5.91 Å². The Kier molecular flexibility index (Phi) is 4.06. The summed E-state index contributed by atoms with van der Waals surface area (Å²) in [5.74, 6) is -0.0283. The Morgan fingerprint density at radius 2 is 2.05 bits per heavy atom. The fraction of sp³-hybridized carbons (Fsp3) is 0.0714. The summed E-state index contributed by atoms with van der Waals surface area (Å²) in [4.78, 5) is 12.0. The van der Waals surface area contributed by atoms with Gasteiger partial charge in [0.15, 0.2) is 11.5 Å². The maximum atomic E-state index is 12.0. The number of rotatable bonds is 3. The first-order valence-corrected chi connectivity index (χ1v) is 6.33. The monoisotopic (exact) mass is 321 g/mol. The van der Waals surface area contributed by atoms with E-state index >= 15 is 0 Å². The Balaban J connectivity index is 2.18. The molecule has 0 aliphatic rings. The summed E-state index contributed by atoms with van der Waals surface area (Å²) in [6.45, 7) is 0. The second-order valence-corrected chi connectivity index (χ2v) is 4.77. The lowest BCUT2D eigenvalue weighted by Gasteiger charge is -2.08. The molecule has 0 unspecified atom stereocenters. The second kappa shape index (κ2) is 5.75. The number of hydrogen-bond donors (Lipinski definition) is 2. The lowest BCUT2D eigenvalue weighted by molar-refractivity contribution is 0.102. The summed E-state index contributed by atoms with van der Waals surface area (Å²) in [5, 5.41) is 12.4. The van der Waals surface area contributed by atoms with Crippen LogP contribution >= 0.6 is 15.9 Å². The highest BCUT2D eigenvalue weighted by atomic mass is 79.9. The molecule has 2 aromatic rings. The van der Waals surface area contributed by atoms with Crippen molar-refractivity contribution >= 4 is 27.5 Å². The molecule has 0 bridgehead atoms. The molecule has 0 heterocycles. The summed E-state index contributed by atoms with van der Waals surface area (Å²) in [7, 11) is 1.45. The number of carbonyl (C=O) groups is 1. The van der Waals surface area contributed by atoms with E-state index in [9.17, 15) is 9.90 Å². The zero-order chi connectivity index (χ0) is 13.8. The molecule has 0 saturated heterocycles. The first-order chi connectivity index (χ1) is 9.10. The van der Waals surface area contributed by atoms with Crippen LogP contribution in [0.3, 0.4) is 0 Å². The van der Waals surface area contributed by atoms with Crippen molar-refractivity contribution in [3.8, 4) is 11.5 Å². The van der Waals surface area contributed by atoms with Crippen LogP contribution in [0.5, 0.6) is 11.5 Å². The standard InChI is InChI=1S/C14H12BrNO3/c1-19-13-6-5-9(7-12(13)17)14(18)16-11-4-2-3-10(15)8-11/h2-8,17H,1H3,(H,16,18). The van der Waals surface area contributed by atoms with E-state index in [0.29, 0.717) is 17.0 Å². The quantitative estimate of drug-likeness (QED) is 0.910. The van der Waals surface area contributed by atoms with Gasteiger partial charge in [0.2, 0.25) is 0 Å². The molecule has 0 radical (unpaired) electrons. The molecule has 2 aromatic carbocycles. The van der Waals surface area contributed by atoms with Crippen LogP contribution in [-0.4, -0.2) is 18.1 Å². The maximum absolute atomic E-state index is 12.0. The van der Waals surface area contributed by atoms with Crippen LogP contribution in [0.4, 0.5) is 5.69 Å². The number of nitrogens with one attached hydrogen (secondary N) is 1. The lowest BCUT2D eigenvalue weighted by atomic mass is 10.2. The van der Waals surface area contributed by atoms with Crippen molar-refractivity contribution in [2.45, 2.75) is 0 Å². The Morgan fingerprint density at radius 1 is 1.26 bits per heavy atom. The molecule has 0 fully saturated rings. The van der Waals surface area contributed by atoms with Crippen LogP contribution in [0.1, 0.15) is 10.4 Å². The van der Waals surface area contributed by atoms with Crippen LogP contribution in [0.2, 0.25) is 0 Å². The van der Waals surface area contributed by atoms with E-state index in [1.54, 1.807) is 24.3 Å². The number of phenolic OH excluding ortho intramolecular Hbond substituents is 1. The molecule has 98 valence electrons. The van der Waals surface area contributed by atoms with Crippen molar-refractivity contribution < 1.29 is 14.6 Å². The molecule has 19 heavy (non-hydrogen) atoms. The van der Waals surface area contributed by atoms with Gasteiger partial charge in [0, 0.05) is 15.7 Å². The fourth-order valence-corrected chi connectivity index (χ4v) is 2.00. The normalized spacial score (nSPS) is 10.0. The lowest BCUT2D eigenvalue weighted by Crippen LogP contribution is -2.11. The molecule has 2 rings (SSSR count). The highest BCUT2D eigenvalue weighted by molar-refractivity contribution is 9.10. The third-order valence-electron chi connectivity index (χ3n) is 2.52. The van der Waals surface area contributed by atoms with E-state index in [0.717, 1.165) is 4.47 Å². The minimum atomic E-state index is -0.295. The number of methoxy groups -OCH3 is 1. The fourth-order valence-electron chi connectivity index (χ4n) is 1.60. The third kappa shape index (κ3) is 3.26. The molecule has 2 N–H and O–H groups in total. The van der Waals surface area contributed by atoms with E-state index in [-0.39, 0.29) is 11.7 Å². The number of benzene rings is 2. The van der Waals surface area contributed by atoms with Gasteiger partial charge < -0.3 is 15.2 Å². The van der Waals surface area contributed by atoms with E-state index in [1.807, 2.05) is 12.1 Å². The number of anilines is 1. The summed E-state index contributed by atoms with van der Waals surface area (Å²) in [6.07, 6.45) is 0. The number of phenols is 1. The Hall–Kier alpha value is -2.01. The van der Waals surface area contributed by atoms with Crippen molar-refractivity contribution in [3.05, 3.63) is 52.5 Å². The molecule has 1 amide bonds. The Labute approximate surface area is 119 Å². The number of carbonyl (C=O) groups excluding carboxylic acids is 1. The van der Waals surface area contributed by atoms with Gasteiger partial charge >= 0.3 is 0 Å². The molecular formula is C14H12BrNO3. The maximum Gasteiger partial charge on any atom is 0.255 e. The number of aromatic hydroxyl groups is 1. The van der Waals surface area contributed by atoms with Crippen LogP contribution in [0.25, 0.3) is 0 Å². The van der Waals surface area contributed by atoms with Gasteiger partial charge in [-0.25, -0.2) is 0 Å². The van der Waals surface area contributed by atoms with Gasteiger partial charge in [-0.05, 0) is 36.4 Å². The molecule has 0 spiro atoms. The minimum Gasteiger partial charge on any atom is -0.504 e. The number of amides is 1. The summed E-state index contributed by atoms with van der Waals surface area (Å²) in [6, 6.07) is 11.8. The first-order valence-electron chi connectivity index (χ1n) is 5.54. The SMILES string of the molecule is COc1ccc(C(=O)Nc2cccc(Br)c2)cc1O. The summed E-state index contributed by atoms with van der Waals surface area (Å²) < 4.78 is 5.80. The van der Waals surface area contributed by atoms with E-state index < -0.39 is 0 Å². The molecule has 0 atom stereocenters. The van der Waals surface area contributed by atoms with Gasteiger partial charge in [0.05, 0.1) is 7.11 Å². The van der Waals surface area contributed by atoms with Crippen molar-refractivity contribution in [2.24, 2.45) is 0 Å². The van der Waals surface area contributed by atoms with E-state index in [2.05, 4.69) is 21.2 Å². The van der Waals surface area contributed by atoms with E-state index in [4.69, 9.17) is 4.74 Å². The number of ether oxygens (including phenoxy) is 1. The zero-order valence-electron chi connectivity index (χ0n) is 10.2. The van der Waals surface area contributed by atoms with Crippen LogP contribution in [-0.2, 0) is 0 Å². The summed E-state index contributed by atoms with van der Waals surface area (Å²) in [5.41, 5.74) is 1.04. The van der Waals surface area contributed by atoms with E-state index in [1.165, 1.54) is 13.2 Å². The van der Waals surface area contributed by atoms with Crippen LogP contribution < -0.4 is 10.1 Å². The first kappa shape index (κ1) is 13.4. The van der Waals surface area contributed by atoms with Gasteiger partial charge in [-0.3, -0.25) is 4.79 Å². The smallest absolute Gasteiger partial charge is 0.255 e. The molecule has 0 aliphatic heterocycles. The van der Waals surface area contributed by atoms with Crippen LogP contribution in [0, 0.1) is 0 Å². The van der Waals surface area contributed by atoms with Gasteiger partial charge in [-0.15, -0.1) is 0 Å². The summed E-state index contributed by atoms with van der Waals surface area (Å²) >= 11 is 3.33. The molecular weight excluding hydrogens is 310 g/mol. The highest BCUT2D eigenvalue weighted by Gasteiger charge is 2.09. The van der Waals surface area contributed by atoms with Crippen LogP contribution in [0.15, 0.2) is 46.9 Å². The average molecular weight is 322 g/mol. The van der Waals surface area contributed by atoms with Gasteiger partial charge in [-0.2, -0.15) is 0 Å².